The standard InChI is InChI=1S/C5H15NOSi/c1-4-5(6-2)8-7-3/h5-6H,4,8H2,1-3H3. The molecule has 8 heavy (non-hydrogen) atoms. The quantitative estimate of drug-likeness (QED) is 0.530. The summed E-state index contributed by atoms with van der Waals surface area (Å²) in [6.07, 6.45) is 1.19. The van der Waals surface area contributed by atoms with Crippen molar-refractivity contribution in [2.75, 3.05) is 14.2 Å². The molecule has 0 aromatic heterocycles. The van der Waals surface area contributed by atoms with Gasteiger partial charge in [-0.25, -0.2) is 0 Å². The van der Waals surface area contributed by atoms with Crippen LogP contribution < -0.4 is 5.32 Å². The summed E-state index contributed by atoms with van der Waals surface area (Å²) < 4.78 is 5.06. The predicted molar refractivity (Wildman–Crippen MR) is 38.7 cm³/mol. The van der Waals surface area contributed by atoms with Crippen molar-refractivity contribution in [2.45, 2.75) is 19.0 Å². The fourth-order valence-electron chi connectivity index (χ4n) is 0.606. The van der Waals surface area contributed by atoms with E-state index < -0.39 is 0 Å². The zero-order valence-electron chi connectivity index (χ0n) is 5.90. The lowest BCUT2D eigenvalue weighted by molar-refractivity contribution is 0.422. The largest absolute Gasteiger partial charge is 0.426 e. The van der Waals surface area contributed by atoms with Crippen LogP contribution in [-0.2, 0) is 4.43 Å². The average molecular weight is 133 g/mol. The molecule has 0 fully saturated rings. The molecule has 1 atom stereocenters. The minimum absolute atomic E-state index is 0.275. The van der Waals surface area contributed by atoms with Crippen LogP contribution in [0.15, 0.2) is 0 Å². The van der Waals surface area contributed by atoms with Crippen LogP contribution in [0.25, 0.3) is 0 Å². The maximum absolute atomic E-state index is 5.06. The van der Waals surface area contributed by atoms with E-state index in [1.54, 1.807) is 7.11 Å². The minimum Gasteiger partial charge on any atom is -0.426 e. The number of hydrogen-bond acceptors (Lipinski definition) is 2. The average Bonchev–Trinajstić information content (AvgIpc) is 1.83. The highest BCUT2D eigenvalue weighted by atomic mass is 28.2. The van der Waals surface area contributed by atoms with Crippen LogP contribution in [0.5, 0.6) is 0 Å². The highest BCUT2D eigenvalue weighted by Gasteiger charge is 2.00. The summed E-state index contributed by atoms with van der Waals surface area (Å²) in [5, 5.41) is 3.19. The minimum atomic E-state index is -0.275. The van der Waals surface area contributed by atoms with Gasteiger partial charge in [-0.15, -0.1) is 0 Å². The smallest absolute Gasteiger partial charge is 0.177 e. The van der Waals surface area contributed by atoms with Gasteiger partial charge in [-0.05, 0) is 13.5 Å². The van der Waals surface area contributed by atoms with Crippen LogP contribution in [0.1, 0.15) is 13.3 Å². The maximum Gasteiger partial charge on any atom is 0.177 e. The second-order valence-corrected chi connectivity index (χ2v) is 3.75. The molecule has 1 N–H and O–H groups in total. The molecule has 0 aliphatic heterocycles. The Morgan fingerprint density at radius 1 is 1.75 bits per heavy atom. The lowest BCUT2D eigenvalue weighted by Crippen LogP contribution is -2.31. The third kappa shape index (κ3) is 3.18. The molecule has 0 aromatic carbocycles. The highest BCUT2D eigenvalue weighted by molar-refractivity contribution is 6.29. The lowest BCUT2D eigenvalue weighted by atomic mass is 10.5. The molecule has 3 heteroatoms. The fraction of sp³-hybridized carbons (Fsp3) is 1.00. The first kappa shape index (κ1) is 8.14. The molecule has 0 radical (unpaired) electrons. The first-order valence-electron chi connectivity index (χ1n) is 3.01. The second kappa shape index (κ2) is 5.28. The van der Waals surface area contributed by atoms with Crippen molar-refractivity contribution >= 4 is 9.76 Å². The Hall–Kier alpha value is 0.137. The van der Waals surface area contributed by atoms with Gasteiger partial charge in [-0.3, -0.25) is 0 Å². The van der Waals surface area contributed by atoms with Crippen LogP contribution >= 0.6 is 0 Å². The third-order valence-corrected chi connectivity index (χ3v) is 2.99. The molecule has 0 spiro atoms. The first-order chi connectivity index (χ1) is 3.85. The van der Waals surface area contributed by atoms with Gasteiger partial charge in [0.05, 0.1) is 0 Å². The van der Waals surface area contributed by atoms with Crippen molar-refractivity contribution in [1.82, 2.24) is 5.32 Å². The molecule has 1 unspecified atom stereocenters. The van der Waals surface area contributed by atoms with E-state index in [4.69, 9.17) is 4.43 Å². The van der Waals surface area contributed by atoms with Crippen molar-refractivity contribution < 1.29 is 4.43 Å². The van der Waals surface area contributed by atoms with Crippen LogP contribution in [-0.4, -0.2) is 29.6 Å². The molecule has 0 amide bonds. The van der Waals surface area contributed by atoms with Crippen molar-refractivity contribution in [2.24, 2.45) is 0 Å². The molecule has 2 nitrogen and oxygen atoms in total. The Bertz CT molecular complexity index is 47.7. The van der Waals surface area contributed by atoms with Crippen molar-refractivity contribution in [1.29, 1.82) is 0 Å². The first-order valence-corrected chi connectivity index (χ1v) is 4.40. The fourth-order valence-corrected chi connectivity index (χ4v) is 1.41. The van der Waals surface area contributed by atoms with Gasteiger partial charge in [0.1, 0.15) is 0 Å². The number of hydrogen-bond donors (Lipinski definition) is 1. The molecule has 50 valence electrons. The van der Waals surface area contributed by atoms with Gasteiger partial charge >= 0.3 is 0 Å². The summed E-state index contributed by atoms with van der Waals surface area (Å²) in [6.45, 7) is 2.17. The Kier molecular flexibility index (Phi) is 5.37. The van der Waals surface area contributed by atoms with Crippen molar-refractivity contribution in [3.05, 3.63) is 0 Å². The monoisotopic (exact) mass is 133 g/mol. The predicted octanol–water partition coefficient (Wildman–Crippen LogP) is -0.328. The molecule has 0 aliphatic rings. The van der Waals surface area contributed by atoms with E-state index in [-0.39, 0.29) is 9.76 Å². The van der Waals surface area contributed by atoms with Gasteiger partial charge in [0.15, 0.2) is 9.76 Å². The third-order valence-electron chi connectivity index (χ3n) is 1.27. The van der Waals surface area contributed by atoms with E-state index in [0.717, 1.165) is 0 Å². The number of nitrogens with one attached hydrogen (secondary N) is 1. The van der Waals surface area contributed by atoms with Crippen LogP contribution in [0.2, 0.25) is 0 Å². The van der Waals surface area contributed by atoms with E-state index in [1.165, 1.54) is 6.42 Å². The Morgan fingerprint density at radius 3 is 2.50 bits per heavy atom. The summed E-state index contributed by atoms with van der Waals surface area (Å²) in [5.41, 5.74) is 0.667. The SMILES string of the molecule is CCC(NC)[SiH2]OC. The van der Waals surface area contributed by atoms with E-state index in [2.05, 4.69) is 12.2 Å². The summed E-state index contributed by atoms with van der Waals surface area (Å²) in [4.78, 5) is 0. The zero-order valence-corrected chi connectivity index (χ0v) is 7.31. The van der Waals surface area contributed by atoms with Gasteiger partial charge in [0.25, 0.3) is 0 Å². The molecule has 0 aliphatic carbocycles. The van der Waals surface area contributed by atoms with Crippen molar-refractivity contribution in [3.8, 4) is 0 Å². The molecule has 0 saturated heterocycles. The van der Waals surface area contributed by atoms with E-state index in [0.29, 0.717) is 5.67 Å². The Morgan fingerprint density at radius 2 is 2.38 bits per heavy atom. The second-order valence-electron chi connectivity index (χ2n) is 1.85. The molecular formula is C5H15NOSi. The molecule has 0 bridgehead atoms. The summed E-state index contributed by atoms with van der Waals surface area (Å²) >= 11 is 0. The van der Waals surface area contributed by atoms with Crippen LogP contribution in [0.3, 0.4) is 0 Å². The Labute approximate surface area is 53.6 Å². The van der Waals surface area contributed by atoms with E-state index >= 15 is 0 Å². The maximum atomic E-state index is 5.06. The van der Waals surface area contributed by atoms with Gasteiger partial charge in [0, 0.05) is 12.8 Å². The lowest BCUT2D eigenvalue weighted by Gasteiger charge is -2.09. The van der Waals surface area contributed by atoms with Gasteiger partial charge in [-0.1, -0.05) is 6.92 Å². The summed E-state index contributed by atoms with van der Waals surface area (Å²) in [6, 6.07) is 0. The van der Waals surface area contributed by atoms with Crippen LogP contribution in [0, 0.1) is 0 Å². The molecular weight excluding hydrogens is 118 g/mol. The van der Waals surface area contributed by atoms with E-state index in [9.17, 15) is 0 Å². The van der Waals surface area contributed by atoms with Gasteiger partial charge < -0.3 is 9.74 Å². The zero-order chi connectivity index (χ0) is 6.41. The van der Waals surface area contributed by atoms with E-state index in [1.807, 2.05) is 7.05 Å². The topological polar surface area (TPSA) is 21.3 Å². The molecule has 0 aromatic rings. The normalized spacial score (nSPS) is 15.4. The highest BCUT2D eigenvalue weighted by Crippen LogP contribution is 1.84. The molecule has 0 rings (SSSR count). The molecule has 0 saturated carbocycles. The van der Waals surface area contributed by atoms with Crippen molar-refractivity contribution in [3.63, 3.8) is 0 Å². The van der Waals surface area contributed by atoms with Gasteiger partial charge in [-0.2, -0.15) is 0 Å². The van der Waals surface area contributed by atoms with Crippen LogP contribution in [0.4, 0.5) is 0 Å². The van der Waals surface area contributed by atoms with Gasteiger partial charge in [0.2, 0.25) is 0 Å². The molecule has 0 heterocycles. The number of rotatable bonds is 4. The summed E-state index contributed by atoms with van der Waals surface area (Å²) in [7, 11) is 3.49. The Balaban J connectivity index is 3.07. The summed E-state index contributed by atoms with van der Waals surface area (Å²) in [5.74, 6) is 0.